The molecule has 32 heavy (non-hydrogen) atoms. The first-order valence-corrected chi connectivity index (χ1v) is 14.6. The van der Waals surface area contributed by atoms with E-state index in [9.17, 15) is 0 Å². The van der Waals surface area contributed by atoms with Crippen LogP contribution in [-0.4, -0.2) is 25.5 Å². The second-order valence-corrected chi connectivity index (χ2v) is 10.4. The summed E-state index contributed by atoms with van der Waals surface area (Å²) in [6.45, 7) is 5.81. The third-order valence-electron chi connectivity index (χ3n) is 6.74. The second-order valence-electron chi connectivity index (χ2n) is 10.4. The summed E-state index contributed by atoms with van der Waals surface area (Å²) in [5, 5.41) is 0. The van der Waals surface area contributed by atoms with Gasteiger partial charge in [-0.3, -0.25) is 0 Å². The van der Waals surface area contributed by atoms with Gasteiger partial charge in [0.1, 0.15) is 0 Å². The second kappa shape index (κ2) is 26.7. The highest BCUT2D eigenvalue weighted by Gasteiger charge is 2.09. The van der Waals surface area contributed by atoms with Gasteiger partial charge in [0.25, 0.3) is 0 Å². The van der Waals surface area contributed by atoms with Crippen LogP contribution in [0.3, 0.4) is 0 Å². The highest BCUT2D eigenvalue weighted by Crippen LogP contribution is 2.22. The smallest absolute Gasteiger partial charge is 0.00222 e. The molecule has 0 heterocycles. The molecule has 0 spiro atoms. The van der Waals surface area contributed by atoms with E-state index in [0.29, 0.717) is 0 Å². The van der Waals surface area contributed by atoms with Crippen molar-refractivity contribution in [2.75, 3.05) is 20.6 Å². The predicted molar refractivity (Wildman–Crippen MR) is 149 cm³/mol. The summed E-state index contributed by atoms with van der Waals surface area (Å²) in [6.07, 6.45) is 38.7. The molecule has 0 aromatic heterocycles. The van der Waals surface area contributed by atoms with Gasteiger partial charge in [-0.25, -0.2) is 0 Å². The number of unbranched alkanes of at least 4 members (excludes halogenated alkanes) is 14. The van der Waals surface area contributed by atoms with Crippen molar-refractivity contribution in [3.63, 3.8) is 0 Å². The summed E-state index contributed by atoms with van der Waals surface area (Å²) in [5.41, 5.74) is 0. The zero-order chi connectivity index (χ0) is 23.5. The van der Waals surface area contributed by atoms with Crippen molar-refractivity contribution in [1.29, 1.82) is 0 Å². The van der Waals surface area contributed by atoms with Gasteiger partial charge in [-0.05, 0) is 58.7 Å². The molecule has 0 fully saturated rings. The van der Waals surface area contributed by atoms with Gasteiger partial charge in [-0.15, -0.1) is 0 Å². The first-order chi connectivity index (χ1) is 15.7. The van der Waals surface area contributed by atoms with Crippen LogP contribution < -0.4 is 0 Å². The molecule has 0 aliphatic rings. The molecule has 1 unspecified atom stereocenters. The highest BCUT2D eigenvalue weighted by molar-refractivity contribution is 4.92. The molecule has 1 heteroatoms. The average molecular weight is 448 g/mol. The van der Waals surface area contributed by atoms with Crippen molar-refractivity contribution in [2.24, 2.45) is 5.92 Å². The van der Waals surface area contributed by atoms with Gasteiger partial charge >= 0.3 is 0 Å². The Bertz CT molecular complexity index is 395. The van der Waals surface area contributed by atoms with Crippen LogP contribution in [-0.2, 0) is 0 Å². The van der Waals surface area contributed by atoms with Crippen LogP contribution >= 0.6 is 0 Å². The molecule has 0 saturated heterocycles. The van der Waals surface area contributed by atoms with Crippen molar-refractivity contribution < 1.29 is 0 Å². The molecule has 0 radical (unpaired) electrons. The largest absolute Gasteiger partial charge is 0.309 e. The van der Waals surface area contributed by atoms with Crippen molar-refractivity contribution in [2.45, 2.75) is 149 Å². The Labute approximate surface area is 204 Å². The van der Waals surface area contributed by atoms with E-state index < -0.39 is 0 Å². The fourth-order valence-electron chi connectivity index (χ4n) is 4.52. The predicted octanol–water partition coefficient (Wildman–Crippen LogP) is 10.5. The van der Waals surface area contributed by atoms with E-state index in [1.165, 1.54) is 135 Å². The minimum absolute atomic E-state index is 0.969. The maximum atomic E-state index is 2.38. The number of rotatable bonds is 25. The maximum Gasteiger partial charge on any atom is -0.00222 e. The summed E-state index contributed by atoms with van der Waals surface area (Å²) in [7, 11) is 4.45. The summed E-state index contributed by atoms with van der Waals surface area (Å²) in [5.74, 6) is 0.969. The van der Waals surface area contributed by atoms with Crippen LogP contribution in [0.15, 0.2) is 24.3 Å². The Hall–Kier alpha value is -0.560. The van der Waals surface area contributed by atoms with E-state index in [1.54, 1.807) is 0 Å². The molecular weight excluding hydrogens is 386 g/mol. The Balaban J connectivity index is 3.63. The van der Waals surface area contributed by atoms with Crippen molar-refractivity contribution >= 4 is 0 Å². The maximum absolute atomic E-state index is 2.38. The minimum atomic E-state index is 0.969. The molecule has 0 amide bonds. The van der Waals surface area contributed by atoms with Crippen molar-refractivity contribution in [3.05, 3.63) is 24.3 Å². The molecule has 0 saturated carbocycles. The first-order valence-electron chi connectivity index (χ1n) is 14.6. The van der Waals surface area contributed by atoms with E-state index in [0.717, 1.165) is 12.3 Å². The number of hydrogen-bond donors (Lipinski definition) is 0. The van der Waals surface area contributed by atoms with Gasteiger partial charge in [-0.1, -0.05) is 141 Å². The van der Waals surface area contributed by atoms with Gasteiger partial charge in [0.05, 0.1) is 0 Å². The topological polar surface area (TPSA) is 3.24 Å². The van der Waals surface area contributed by atoms with Crippen LogP contribution in [0.5, 0.6) is 0 Å². The van der Waals surface area contributed by atoms with Crippen LogP contribution in [0.4, 0.5) is 0 Å². The first kappa shape index (κ1) is 31.4. The molecule has 0 aromatic carbocycles. The molecule has 0 aliphatic carbocycles. The van der Waals surface area contributed by atoms with Crippen LogP contribution in [0.1, 0.15) is 149 Å². The SMILES string of the molecule is CCC/C=C\C/C=C\CCCCCCCCCC(CCCCCCCCC)CCN(C)C. The van der Waals surface area contributed by atoms with Gasteiger partial charge in [0, 0.05) is 0 Å². The highest BCUT2D eigenvalue weighted by atomic mass is 15.0. The number of hydrogen-bond acceptors (Lipinski definition) is 1. The Morgan fingerprint density at radius 1 is 0.500 bits per heavy atom. The summed E-state index contributed by atoms with van der Waals surface area (Å²) in [6, 6.07) is 0. The van der Waals surface area contributed by atoms with E-state index in [4.69, 9.17) is 0 Å². The quantitative estimate of drug-likeness (QED) is 0.0993. The molecular formula is C31H61N. The van der Waals surface area contributed by atoms with E-state index in [2.05, 4.69) is 57.1 Å². The molecule has 1 nitrogen and oxygen atoms in total. The Morgan fingerprint density at radius 3 is 1.53 bits per heavy atom. The van der Waals surface area contributed by atoms with E-state index in [-0.39, 0.29) is 0 Å². The molecule has 0 N–H and O–H groups in total. The summed E-state index contributed by atoms with van der Waals surface area (Å²) >= 11 is 0. The monoisotopic (exact) mass is 447 g/mol. The third-order valence-corrected chi connectivity index (χ3v) is 6.74. The van der Waals surface area contributed by atoms with E-state index >= 15 is 0 Å². The molecule has 1 atom stereocenters. The summed E-state index contributed by atoms with van der Waals surface area (Å²) in [4.78, 5) is 2.37. The lowest BCUT2D eigenvalue weighted by atomic mass is 9.91. The van der Waals surface area contributed by atoms with Crippen molar-refractivity contribution in [3.8, 4) is 0 Å². The molecule has 0 rings (SSSR count). The lowest BCUT2D eigenvalue weighted by molar-refractivity contribution is 0.314. The summed E-state index contributed by atoms with van der Waals surface area (Å²) < 4.78 is 0. The molecule has 0 aliphatic heterocycles. The van der Waals surface area contributed by atoms with Crippen LogP contribution in [0.25, 0.3) is 0 Å². The fourth-order valence-corrected chi connectivity index (χ4v) is 4.52. The standard InChI is InChI=1S/C31H61N/c1-5-7-9-11-13-14-15-16-17-18-19-20-22-24-26-28-31(29-30-32(3)4)27-25-23-21-12-10-8-6-2/h9,11,14-15,31H,5-8,10,12-13,16-30H2,1-4H3/b11-9-,15-14-. The van der Waals surface area contributed by atoms with Gasteiger partial charge < -0.3 is 4.90 Å². The van der Waals surface area contributed by atoms with E-state index in [1.807, 2.05) is 0 Å². The zero-order valence-corrected chi connectivity index (χ0v) is 22.9. The Kier molecular flexibility index (Phi) is 26.2. The fraction of sp³-hybridized carbons (Fsp3) is 0.871. The Morgan fingerprint density at radius 2 is 1.00 bits per heavy atom. The number of allylic oxidation sites excluding steroid dienone is 4. The lowest BCUT2D eigenvalue weighted by Crippen LogP contribution is -2.17. The van der Waals surface area contributed by atoms with Crippen LogP contribution in [0, 0.1) is 5.92 Å². The van der Waals surface area contributed by atoms with Crippen molar-refractivity contribution in [1.82, 2.24) is 4.90 Å². The molecule has 0 aromatic rings. The van der Waals surface area contributed by atoms with Gasteiger partial charge in [0.2, 0.25) is 0 Å². The molecule has 190 valence electrons. The van der Waals surface area contributed by atoms with Gasteiger partial charge in [0.15, 0.2) is 0 Å². The normalized spacial score (nSPS) is 13.2. The van der Waals surface area contributed by atoms with Gasteiger partial charge in [-0.2, -0.15) is 0 Å². The average Bonchev–Trinajstić information content (AvgIpc) is 2.78. The number of nitrogens with zero attached hydrogens (tertiary/aromatic N) is 1. The lowest BCUT2D eigenvalue weighted by Gasteiger charge is -2.19. The minimum Gasteiger partial charge on any atom is -0.309 e. The molecule has 0 bridgehead atoms. The third kappa shape index (κ3) is 25.7. The zero-order valence-electron chi connectivity index (χ0n) is 22.9. The van der Waals surface area contributed by atoms with Crippen LogP contribution in [0.2, 0.25) is 0 Å².